The highest BCUT2D eigenvalue weighted by molar-refractivity contribution is 6.33. The maximum Gasteiger partial charge on any atom is 0.230 e. The monoisotopic (exact) mass is 302 g/mol. The standard InChI is InChI=1S/C16H12ClFN2O/c1-9-3-2-4-10(7-9)14-15(20-21-16(14)19)12-6-5-11(18)8-13(12)17/h2-8H,19H2,1H3. The summed E-state index contributed by atoms with van der Waals surface area (Å²) in [6, 6.07) is 11.9. The van der Waals surface area contributed by atoms with E-state index in [4.69, 9.17) is 21.9 Å². The van der Waals surface area contributed by atoms with E-state index in [9.17, 15) is 4.39 Å². The Bertz CT molecular complexity index is 814. The molecule has 0 atom stereocenters. The Morgan fingerprint density at radius 3 is 2.71 bits per heavy atom. The van der Waals surface area contributed by atoms with Gasteiger partial charge in [0.2, 0.25) is 5.88 Å². The van der Waals surface area contributed by atoms with Gasteiger partial charge in [-0.25, -0.2) is 4.39 Å². The van der Waals surface area contributed by atoms with Gasteiger partial charge < -0.3 is 10.3 Å². The first kappa shape index (κ1) is 13.6. The summed E-state index contributed by atoms with van der Waals surface area (Å²) in [5.74, 6) is -0.201. The SMILES string of the molecule is Cc1cccc(-c2c(-c3ccc(F)cc3Cl)noc2N)c1. The van der Waals surface area contributed by atoms with Crippen LogP contribution in [0.5, 0.6) is 0 Å². The van der Waals surface area contributed by atoms with E-state index in [-0.39, 0.29) is 10.9 Å². The van der Waals surface area contributed by atoms with Gasteiger partial charge in [-0.2, -0.15) is 0 Å². The minimum atomic E-state index is -0.405. The van der Waals surface area contributed by atoms with E-state index >= 15 is 0 Å². The Hall–Kier alpha value is -2.33. The number of rotatable bonds is 2. The van der Waals surface area contributed by atoms with Crippen LogP contribution >= 0.6 is 11.6 Å². The second-order valence-corrected chi connectivity index (χ2v) is 5.17. The minimum absolute atomic E-state index is 0.205. The molecule has 0 unspecified atom stereocenters. The molecule has 0 fully saturated rings. The van der Waals surface area contributed by atoms with Crippen molar-refractivity contribution < 1.29 is 8.91 Å². The van der Waals surface area contributed by atoms with Crippen molar-refractivity contribution in [1.29, 1.82) is 0 Å². The highest BCUT2D eigenvalue weighted by Gasteiger charge is 2.19. The first-order valence-corrected chi connectivity index (χ1v) is 6.71. The van der Waals surface area contributed by atoms with E-state index in [1.54, 1.807) is 6.07 Å². The summed E-state index contributed by atoms with van der Waals surface area (Å²) in [6.07, 6.45) is 0. The number of nitrogens with zero attached hydrogens (tertiary/aromatic N) is 1. The molecule has 0 spiro atoms. The van der Waals surface area contributed by atoms with Crippen LogP contribution in [0, 0.1) is 12.7 Å². The topological polar surface area (TPSA) is 52.0 Å². The number of aryl methyl sites for hydroxylation is 1. The normalized spacial score (nSPS) is 10.8. The van der Waals surface area contributed by atoms with Crippen molar-refractivity contribution in [3.63, 3.8) is 0 Å². The number of aromatic nitrogens is 1. The summed E-state index contributed by atoms with van der Waals surface area (Å²) in [6.45, 7) is 1.98. The van der Waals surface area contributed by atoms with Crippen molar-refractivity contribution in [2.45, 2.75) is 6.92 Å². The molecular weight excluding hydrogens is 291 g/mol. The van der Waals surface area contributed by atoms with Crippen LogP contribution < -0.4 is 5.73 Å². The lowest BCUT2D eigenvalue weighted by atomic mass is 9.99. The van der Waals surface area contributed by atoms with Crippen LogP contribution in [0.4, 0.5) is 10.3 Å². The smallest absolute Gasteiger partial charge is 0.230 e. The van der Waals surface area contributed by atoms with Crippen LogP contribution in [0.2, 0.25) is 5.02 Å². The zero-order valence-electron chi connectivity index (χ0n) is 11.2. The fourth-order valence-corrected chi connectivity index (χ4v) is 2.50. The molecule has 0 aliphatic heterocycles. The lowest BCUT2D eigenvalue weighted by Crippen LogP contribution is -1.89. The van der Waals surface area contributed by atoms with Crippen LogP contribution in [0.15, 0.2) is 47.0 Å². The Morgan fingerprint density at radius 1 is 1.19 bits per heavy atom. The molecule has 0 amide bonds. The van der Waals surface area contributed by atoms with E-state index in [1.165, 1.54) is 12.1 Å². The highest BCUT2D eigenvalue weighted by atomic mass is 35.5. The average molecular weight is 303 g/mol. The van der Waals surface area contributed by atoms with Crippen LogP contribution in [0.3, 0.4) is 0 Å². The molecule has 0 aliphatic rings. The third kappa shape index (κ3) is 2.50. The van der Waals surface area contributed by atoms with Crippen molar-refractivity contribution in [2.75, 3.05) is 5.73 Å². The van der Waals surface area contributed by atoms with Crippen molar-refractivity contribution in [1.82, 2.24) is 5.16 Å². The lowest BCUT2D eigenvalue weighted by molar-refractivity contribution is 0.439. The van der Waals surface area contributed by atoms with Crippen LogP contribution in [0.25, 0.3) is 22.4 Å². The van der Waals surface area contributed by atoms with Gasteiger partial charge in [-0.3, -0.25) is 0 Å². The molecule has 2 N–H and O–H groups in total. The van der Waals surface area contributed by atoms with Gasteiger partial charge in [0.25, 0.3) is 0 Å². The summed E-state index contributed by atoms with van der Waals surface area (Å²) >= 11 is 6.10. The molecule has 3 rings (SSSR count). The summed E-state index contributed by atoms with van der Waals surface area (Å²) in [7, 11) is 0. The molecular formula is C16H12ClFN2O. The maximum absolute atomic E-state index is 13.2. The van der Waals surface area contributed by atoms with E-state index in [2.05, 4.69) is 5.16 Å². The molecule has 0 aliphatic carbocycles. The highest BCUT2D eigenvalue weighted by Crippen LogP contribution is 2.39. The fourth-order valence-electron chi connectivity index (χ4n) is 2.25. The zero-order valence-corrected chi connectivity index (χ0v) is 12.0. The fraction of sp³-hybridized carbons (Fsp3) is 0.0625. The average Bonchev–Trinajstić information content (AvgIpc) is 2.80. The number of hydrogen-bond donors (Lipinski definition) is 1. The van der Waals surface area contributed by atoms with Crippen LogP contribution in [0.1, 0.15) is 5.56 Å². The molecule has 3 nitrogen and oxygen atoms in total. The predicted octanol–water partition coefficient (Wildman–Crippen LogP) is 4.69. The molecule has 21 heavy (non-hydrogen) atoms. The van der Waals surface area contributed by atoms with Gasteiger partial charge in [0, 0.05) is 5.56 Å². The van der Waals surface area contributed by atoms with Gasteiger partial charge in [-0.15, -0.1) is 0 Å². The Kier molecular flexibility index (Phi) is 3.39. The van der Waals surface area contributed by atoms with Gasteiger partial charge in [-0.1, -0.05) is 46.6 Å². The number of halogens is 2. The van der Waals surface area contributed by atoms with Gasteiger partial charge in [0.1, 0.15) is 11.5 Å². The zero-order chi connectivity index (χ0) is 15.0. The Morgan fingerprint density at radius 2 is 2.00 bits per heavy atom. The Labute approximate surface area is 126 Å². The summed E-state index contributed by atoms with van der Waals surface area (Å²) in [5, 5.41) is 4.24. The minimum Gasteiger partial charge on any atom is -0.367 e. The van der Waals surface area contributed by atoms with Gasteiger partial charge in [0.15, 0.2) is 0 Å². The molecule has 0 saturated carbocycles. The number of anilines is 1. The molecule has 3 aromatic rings. The summed E-state index contributed by atoms with van der Waals surface area (Å²) in [5.41, 5.74) is 9.60. The van der Waals surface area contributed by atoms with Crippen molar-refractivity contribution >= 4 is 17.5 Å². The summed E-state index contributed by atoms with van der Waals surface area (Å²) in [4.78, 5) is 0. The second kappa shape index (κ2) is 5.22. The predicted molar refractivity (Wildman–Crippen MR) is 81.5 cm³/mol. The first-order valence-electron chi connectivity index (χ1n) is 6.34. The number of nitrogens with two attached hydrogens (primary N) is 1. The van der Waals surface area contributed by atoms with Crippen LogP contribution in [-0.4, -0.2) is 5.16 Å². The molecule has 2 aromatic carbocycles. The number of benzene rings is 2. The van der Waals surface area contributed by atoms with Gasteiger partial charge in [0.05, 0.1) is 10.6 Å². The molecule has 5 heteroatoms. The van der Waals surface area contributed by atoms with Crippen molar-refractivity contribution in [3.8, 4) is 22.4 Å². The first-order chi connectivity index (χ1) is 10.1. The van der Waals surface area contributed by atoms with E-state index in [0.717, 1.165) is 11.1 Å². The quantitative estimate of drug-likeness (QED) is 0.747. The maximum atomic E-state index is 13.2. The molecule has 0 bridgehead atoms. The third-order valence-corrected chi connectivity index (χ3v) is 3.52. The molecule has 0 radical (unpaired) electrons. The molecule has 1 heterocycles. The van der Waals surface area contributed by atoms with Gasteiger partial charge >= 0.3 is 0 Å². The Balaban J connectivity index is 2.22. The lowest BCUT2D eigenvalue weighted by Gasteiger charge is -2.05. The second-order valence-electron chi connectivity index (χ2n) is 4.76. The van der Waals surface area contributed by atoms with Gasteiger partial charge in [-0.05, 0) is 30.7 Å². The van der Waals surface area contributed by atoms with E-state index in [0.29, 0.717) is 16.8 Å². The third-order valence-electron chi connectivity index (χ3n) is 3.21. The molecule has 0 saturated heterocycles. The summed E-state index contributed by atoms with van der Waals surface area (Å²) < 4.78 is 18.3. The van der Waals surface area contributed by atoms with E-state index in [1.807, 2.05) is 31.2 Å². The number of hydrogen-bond acceptors (Lipinski definition) is 3. The molecule has 106 valence electrons. The van der Waals surface area contributed by atoms with E-state index < -0.39 is 5.82 Å². The number of nitrogen functional groups attached to an aromatic ring is 1. The van der Waals surface area contributed by atoms with Crippen LogP contribution in [-0.2, 0) is 0 Å². The van der Waals surface area contributed by atoms with Crippen molar-refractivity contribution in [2.24, 2.45) is 0 Å². The molecule has 1 aromatic heterocycles. The largest absolute Gasteiger partial charge is 0.367 e. The van der Waals surface area contributed by atoms with Crippen molar-refractivity contribution in [3.05, 3.63) is 58.9 Å².